The van der Waals surface area contributed by atoms with E-state index < -0.39 is 38.9 Å². The number of fused-ring (bicyclic) bond motifs is 1. The lowest BCUT2D eigenvalue weighted by Gasteiger charge is -2.31. The third-order valence-electron chi connectivity index (χ3n) is 6.86. The molecule has 0 saturated carbocycles. The van der Waals surface area contributed by atoms with Crippen molar-refractivity contribution in [3.63, 3.8) is 0 Å². The number of carbonyl (C=O) groups excluding carboxylic acids is 1. The Morgan fingerprint density at radius 1 is 0.902 bits per heavy atom. The summed E-state index contributed by atoms with van der Waals surface area (Å²) in [6.07, 6.45) is -0.381. The highest BCUT2D eigenvalue weighted by Crippen LogP contribution is 2.40. The van der Waals surface area contributed by atoms with Gasteiger partial charge >= 0.3 is 15.5 Å². The number of sulfonamides is 1. The molecule has 0 spiro atoms. The third kappa shape index (κ3) is 5.96. The molecular formula is C30H23F4NO5S. The molecule has 0 aliphatic carbocycles. The van der Waals surface area contributed by atoms with Gasteiger partial charge in [0.2, 0.25) is 0 Å². The number of benzene rings is 4. The zero-order valence-corrected chi connectivity index (χ0v) is 22.0. The van der Waals surface area contributed by atoms with Crippen LogP contribution in [0.1, 0.15) is 27.6 Å². The number of amides is 1. The molecule has 2 N–H and O–H groups in total. The third-order valence-corrected chi connectivity index (χ3v) is 7.92. The average molecular weight is 586 g/mol. The molecule has 212 valence electrons. The Kier molecular flexibility index (Phi) is 7.58. The lowest BCUT2D eigenvalue weighted by molar-refractivity contribution is -0.0446. The van der Waals surface area contributed by atoms with Crippen molar-refractivity contribution in [2.45, 2.75) is 18.0 Å². The monoisotopic (exact) mass is 585 g/mol. The largest absolute Gasteiger partial charge is 0.516 e. The highest BCUT2D eigenvalue weighted by molar-refractivity contribution is 7.90. The van der Waals surface area contributed by atoms with Crippen LogP contribution in [0.4, 0.5) is 17.6 Å². The number of aliphatic hydroxyl groups is 1. The molecule has 1 heterocycles. The molecular weight excluding hydrogens is 562 g/mol. The summed E-state index contributed by atoms with van der Waals surface area (Å²) in [7, 11) is -5.98. The van der Waals surface area contributed by atoms with Crippen molar-refractivity contribution in [2.24, 2.45) is 5.92 Å². The van der Waals surface area contributed by atoms with Gasteiger partial charge in [0.15, 0.2) is 0 Å². The van der Waals surface area contributed by atoms with Crippen molar-refractivity contribution >= 4 is 15.9 Å². The van der Waals surface area contributed by atoms with E-state index in [1.807, 2.05) is 54.6 Å². The number of alkyl halides is 3. The van der Waals surface area contributed by atoms with Crippen LogP contribution in [-0.2, 0) is 16.4 Å². The van der Waals surface area contributed by atoms with Gasteiger partial charge in [-0.2, -0.15) is 21.6 Å². The van der Waals surface area contributed by atoms with Gasteiger partial charge in [-0.25, -0.2) is 9.11 Å². The first-order valence-electron chi connectivity index (χ1n) is 12.5. The van der Waals surface area contributed by atoms with Gasteiger partial charge in [0.1, 0.15) is 11.6 Å². The number of nitrogens with one attached hydrogen (secondary N) is 1. The van der Waals surface area contributed by atoms with Crippen LogP contribution >= 0.6 is 0 Å². The maximum absolute atomic E-state index is 14.1. The van der Waals surface area contributed by atoms with E-state index >= 15 is 0 Å². The lowest BCUT2D eigenvalue weighted by Crippen LogP contribution is -2.40. The lowest BCUT2D eigenvalue weighted by atomic mass is 9.86. The number of aliphatic hydroxyl groups excluding tert-OH is 1. The van der Waals surface area contributed by atoms with E-state index in [9.17, 15) is 35.9 Å². The van der Waals surface area contributed by atoms with Crippen LogP contribution in [0, 0.1) is 11.7 Å². The maximum atomic E-state index is 14.1. The van der Waals surface area contributed by atoms with Crippen LogP contribution in [0.15, 0.2) is 91.0 Å². The fraction of sp³-hybridized carbons (Fsp3) is 0.167. The Hall–Kier alpha value is -4.22. The summed E-state index contributed by atoms with van der Waals surface area (Å²) < 4.78 is 82.2. The van der Waals surface area contributed by atoms with Crippen molar-refractivity contribution in [1.29, 1.82) is 0 Å². The van der Waals surface area contributed by atoms with Crippen LogP contribution in [0.3, 0.4) is 0 Å². The second-order valence-electron chi connectivity index (χ2n) is 9.61. The summed E-state index contributed by atoms with van der Waals surface area (Å²) in [5.41, 5.74) is -2.57. The smallest absolute Gasteiger partial charge is 0.493 e. The van der Waals surface area contributed by atoms with Gasteiger partial charge in [0, 0.05) is 17.0 Å². The summed E-state index contributed by atoms with van der Waals surface area (Å²) >= 11 is 0. The molecule has 11 heteroatoms. The van der Waals surface area contributed by atoms with Crippen LogP contribution in [0.5, 0.6) is 5.75 Å². The molecule has 1 amide bonds. The maximum Gasteiger partial charge on any atom is 0.516 e. The van der Waals surface area contributed by atoms with Gasteiger partial charge in [0.05, 0.1) is 12.7 Å². The second kappa shape index (κ2) is 11.0. The highest BCUT2D eigenvalue weighted by atomic mass is 32.2. The van der Waals surface area contributed by atoms with Crippen LogP contribution in [0.25, 0.3) is 22.3 Å². The Bertz CT molecular complexity index is 1690. The summed E-state index contributed by atoms with van der Waals surface area (Å²) in [6, 6.07) is 24.9. The molecule has 1 aliphatic heterocycles. The SMILES string of the molecule is O=C(NS(=O)(=O)C(F)(F)F)c1ccc(F)cc1-c1ccc2c(c1)OC[C@H](Cc1ccc(-c3ccccc3)cc1)[C@@H]2O. The normalized spacial score (nSPS) is 16.9. The van der Waals surface area contributed by atoms with E-state index in [1.165, 1.54) is 18.2 Å². The minimum atomic E-state index is -5.98. The summed E-state index contributed by atoms with van der Waals surface area (Å²) in [5.74, 6) is -2.40. The van der Waals surface area contributed by atoms with E-state index in [4.69, 9.17) is 4.74 Å². The van der Waals surface area contributed by atoms with Gasteiger partial charge in [0.25, 0.3) is 5.91 Å². The Balaban J connectivity index is 1.36. The molecule has 5 rings (SSSR count). The van der Waals surface area contributed by atoms with Crippen molar-refractivity contribution in [3.05, 3.63) is 114 Å². The predicted octanol–water partition coefficient (Wildman–Crippen LogP) is 6.02. The molecule has 41 heavy (non-hydrogen) atoms. The first-order valence-corrected chi connectivity index (χ1v) is 13.9. The number of ether oxygens (including phenoxy) is 1. The Morgan fingerprint density at radius 2 is 1.56 bits per heavy atom. The zero-order valence-electron chi connectivity index (χ0n) is 21.2. The van der Waals surface area contributed by atoms with Gasteiger partial charge < -0.3 is 9.84 Å². The zero-order chi connectivity index (χ0) is 29.4. The molecule has 1 aliphatic rings. The quantitative estimate of drug-likeness (QED) is 0.270. The summed E-state index contributed by atoms with van der Waals surface area (Å²) in [5, 5.41) is 11.1. The molecule has 0 bridgehead atoms. The van der Waals surface area contributed by atoms with E-state index in [0.29, 0.717) is 12.0 Å². The molecule has 6 nitrogen and oxygen atoms in total. The predicted molar refractivity (Wildman–Crippen MR) is 144 cm³/mol. The Labute approximate surface area is 233 Å². The van der Waals surface area contributed by atoms with Crippen LogP contribution < -0.4 is 9.46 Å². The summed E-state index contributed by atoms with van der Waals surface area (Å²) in [4.78, 5) is 12.5. The van der Waals surface area contributed by atoms with Crippen molar-refractivity contribution in [1.82, 2.24) is 4.72 Å². The average Bonchev–Trinajstić information content (AvgIpc) is 2.94. The van der Waals surface area contributed by atoms with E-state index in [2.05, 4.69) is 0 Å². The first-order chi connectivity index (χ1) is 19.4. The number of hydrogen-bond donors (Lipinski definition) is 2. The van der Waals surface area contributed by atoms with Gasteiger partial charge in [-0.1, -0.05) is 66.7 Å². The number of hydrogen-bond acceptors (Lipinski definition) is 5. The van der Waals surface area contributed by atoms with Crippen LogP contribution in [-0.4, -0.2) is 31.5 Å². The molecule has 0 unspecified atom stereocenters. The fourth-order valence-corrected chi connectivity index (χ4v) is 5.21. The van der Waals surface area contributed by atoms with E-state index in [1.54, 1.807) is 0 Å². The van der Waals surface area contributed by atoms with Crippen molar-refractivity contribution in [2.75, 3.05) is 6.61 Å². The minimum Gasteiger partial charge on any atom is -0.493 e. The highest BCUT2D eigenvalue weighted by Gasteiger charge is 2.47. The Morgan fingerprint density at radius 3 is 2.24 bits per heavy atom. The van der Waals surface area contributed by atoms with Gasteiger partial charge in [-0.3, -0.25) is 4.79 Å². The number of carbonyl (C=O) groups is 1. The minimum absolute atomic E-state index is 0.151. The van der Waals surface area contributed by atoms with Gasteiger partial charge in [-0.05, 0) is 58.5 Å². The molecule has 0 saturated heterocycles. The van der Waals surface area contributed by atoms with E-state index in [-0.39, 0.29) is 29.4 Å². The molecule has 0 aromatic heterocycles. The molecule has 4 aromatic carbocycles. The van der Waals surface area contributed by atoms with Gasteiger partial charge in [-0.15, -0.1) is 0 Å². The second-order valence-corrected chi connectivity index (χ2v) is 11.3. The summed E-state index contributed by atoms with van der Waals surface area (Å²) in [6.45, 7) is 0.151. The molecule has 4 aromatic rings. The van der Waals surface area contributed by atoms with E-state index in [0.717, 1.165) is 39.6 Å². The fourth-order valence-electron chi connectivity index (χ4n) is 4.74. The van der Waals surface area contributed by atoms with Crippen molar-refractivity contribution < 1.29 is 40.6 Å². The molecule has 2 atom stereocenters. The standard InChI is InChI=1S/C30H23F4NO5S/c31-23-11-13-24(29(37)35-41(38,39)30(32,33)34)26(16-23)21-10-12-25-27(15-21)40-17-22(28(25)36)14-18-6-8-20(9-7-18)19-4-2-1-3-5-19/h1-13,15-16,22,28,36H,14,17H2,(H,35,37)/t22-,28-/m0/s1. The topological polar surface area (TPSA) is 92.7 Å². The molecule has 0 radical (unpaired) electrons. The number of halogens is 4. The number of rotatable bonds is 6. The molecule has 0 fully saturated rings. The first kappa shape index (κ1) is 28.3. The van der Waals surface area contributed by atoms with Crippen molar-refractivity contribution in [3.8, 4) is 28.0 Å². The van der Waals surface area contributed by atoms with Crippen LogP contribution in [0.2, 0.25) is 0 Å².